The number of likely N-dealkylation sites (tertiary alicyclic amines) is 1. The molecule has 0 spiro atoms. The van der Waals surface area contributed by atoms with Gasteiger partial charge < -0.3 is 10.2 Å². The highest BCUT2D eigenvalue weighted by atomic mass is 19.1. The molecule has 2 aliphatic rings. The minimum Gasteiger partial charge on any atom is -0.352 e. The van der Waals surface area contributed by atoms with Crippen molar-refractivity contribution in [1.82, 2.24) is 10.2 Å². The van der Waals surface area contributed by atoms with Crippen LogP contribution in [0.2, 0.25) is 0 Å². The average Bonchev–Trinajstić information content (AvgIpc) is 2.87. The van der Waals surface area contributed by atoms with Gasteiger partial charge in [-0.05, 0) is 47.9 Å². The first-order valence-corrected chi connectivity index (χ1v) is 7.98. The van der Waals surface area contributed by atoms with Crippen molar-refractivity contribution in [1.29, 1.82) is 0 Å². The third-order valence-corrected chi connectivity index (χ3v) is 5.00. The Bertz CT molecular complexity index is 774. The molecule has 4 heteroatoms. The third-order valence-electron chi connectivity index (χ3n) is 5.00. The number of fused-ring (bicyclic) bond motifs is 3. The minimum atomic E-state index is -0.264. The Morgan fingerprint density at radius 2 is 1.96 bits per heavy atom. The molecule has 2 aromatic rings. The molecule has 4 rings (SSSR count). The molecule has 23 heavy (non-hydrogen) atoms. The zero-order valence-corrected chi connectivity index (χ0v) is 13.1. The van der Waals surface area contributed by atoms with Crippen molar-refractivity contribution in [3.63, 3.8) is 0 Å². The van der Waals surface area contributed by atoms with E-state index in [0.29, 0.717) is 11.8 Å². The molecule has 1 fully saturated rings. The van der Waals surface area contributed by atoms with Gasteiger partial charge in [-0.1, -0.05) is 24.3 Å². The zero-order chi connectivity index (χ0) is 16.0. The monoisotopic (exact) mass is 310 g/mol. The van der Waals surface area contributed by atoms with Crippen molar-refractivity contribution < 1.29 is 9.18 Å². The Morgan fingerprint density at radius 1 is 1.13 bits per heavy atom. The number of amides is 1. The predicted octanol–water partition coefficient (Wildman–Crippen LogP) is 2.88. The fraction of sp³-hybridized carbons (Fsp3) is 0.316. The molecule has 1 amide bonds. The maximum absolute atomic E-state index is 13.5. The summed E-state index contributed by atoms with van der Waals surface area (Å²) in [5, 5.41) is 3.04. The summed E-state index contributed by atoms with van der Waals surface area (Å²) in [4.78, 5) is 14.8. The second-order valence-corrected chi connectivity index (χ2v) is 6.61. The van der Waals surface area contributed by atoms with Gasteiger partial charge in [-0.25, -0.2) is 4.39 Å². The number of hydrogen-bond acceptors (Lipinski definition) is 2. The van der Waals surface area contributed by atoms with Crippen LogP contribution in [-0.2, 0) is 0 Å². The van der Waals surface area contributed by atoms with Crippen molar-refractivity contribution in [2.45, 2.75) is 5.92 Å². The van der Waals surface area contributed by atoms with E-state index in [1.54, 1.807) is 6.07 Å². The second kappa shape index (κ2) is 5.46. The van der Waals surface area contributed by atoms with Crippen molar-refractivity contribution in [2.75, 3.05) is 26.7 Å². The van der Waals surface area contributed by atoms with Gasteiger partial charge in [0, 0.05) is 31.1 Å². The molecule has 1 N–H and O–H groups in total. The molecule has 118 valence electrons. The smallest absolute Gasteiger partial charge is 0.251 e. The molecular weight excluding hydrogens is 291 g/mol. The van der Waals surface area contributed by atoms with E-state index >= 15 is 0 Å². The van der Waals surface area contributed by atoms with Gasteiger partial charge in [0.15, 0.2) is 0 Å². The number of carbonyl (C=O) groups is 1. The minimum absolute atomic E-state index is 0.0182. The number of benzene rings is 2. The van der Waals surface area contributed by atoms with Gasteiger partial charge in [0.1, 0.15) is 5.82 Å². The number of halogens is 1. The van der Waals surface area contributed by atoms with Crippen molar-refractivity contribution >= 4 is 5.91 Å². The fourth-order valence-electron chi connectivity index (χ4n) is 3.89. The summed E-state index contributed by atoms with van der Waals surface area (Å²) >= 11 is 0. The normalized spacial score (nSPS) is 23.8. The molecule has 0 aliphatic carbocycles. The lowest BCUT2D eigenvalue weighted by Gasteiger charge is -2.17. The summed E-state index contributed by atoms with van der Waals surface area (Å²) in [6.45, 7) is 2.71. The summed E-state index contributed by atoms with van der Waals surface area (Å²) in [5.41, 5.74) is 3.53. The van der Waals surface area contributed by atoms with E-state index in [4.69, 9.17) is 0 Å². The predicted molar refractivity (Wildman–Crippen MR) is 87.9 cm³/mol. The van der Waals surface area contributed by atoms with Crippen molar-refractivity contribution in [3.8, 4) is 11.1 Å². The van der Waals surface area contributed by atoms with Crippen LogP contribution >= 0.6 is 0 Å². The quantitative estimate of drug-likeness (QED) is 0.878. The van der Waals surface area contributed by atoms with Crippen LogP contribution in [0.1, 0.15) is 21.8 Å². The molecular formula is C19H19FN2O. The van der Waals surface area contributed by atoms with Gasteiger partial charge in [-0.2, -0.15) is 0 Å². The number of nitrogens with one attached hydrogen (secondary N) is 1. The largest absolute Gasteiger partial charge is 0.352 e. The molecule has 0 bridgehead atoms. The van der Waals surface area contributed by atoms with Gasteiger partial charge >= 0.3 is 0 Å². The van der Waals surface area contributed by atoms with Crippen LogP contribution in [0.15, 0.2) is 42.5 Å². The van der Waals surface area contributed by atoms with Gasteiger partial charge in [0.25, 0.3) is 5.91 Å². The van der Waals surface area contributed by atoms with E-state index < -0.39 is 0 Å². The second-order valence-electron chi connectivity index (χ2n) is 6.61. The van der Waals surface area contributed by atoms with Crippen LogP contribution in [0.25, 0.3) is 11.1 Å². The highest BCUT2D eigenvalue weighted by Gasteiger charge is 2.36. The van der Waals surface area contributed by atoms with Crippen LogP contribution in [0.5, 0.6) is 0 Å². The van der Waals surface area contributed by atoms with Crippen LogP contribution < -0.4 is 5.32 Å². The van der Waals surface area contributed by atoms with E-state index in [0.717, 1.165) is 41.9 Å². The van der Waals surface area contributed by atoms with Gasteiger partial charge in [-0.3, -0.25) is 4.79 Å². The molecule has 1 saturated heterocycles. The Morgan fingerprint density at radius 3 is 2.78 bits per heavy atom. The standard InChI is InChI=1S/C19H19FN2O/c1-22-10-14-9-21-19(23)17-8-13(5-6-16(17)18(14)11-22)12-3-2-4-15(20)7-12/h2-8,14,18H,9-11H2,1H3,(H,21,23)/t14-,18-/m0/s1. The fourth-order valence-corrected chi connectivity index (χ4v) is 3.89. The summed E-state index contributed by atoms with van der Waals surface area (Å²) < 4.78 is 13.5. The lowest BCUT2D eigenvalue weighted by molar-refractivity contribution is 0.0951. The maximum atomic E-state index is 13.5. The molecule has 0 aromatic heterocycles. The van der Waals surface area contributed by atoms with E-state index in [2.05, 4.69) is 23.3 Å². The number of hydrogen-bond donors (Lipinski definition) is 1. The first-order valence-electron chi connectivity index (χ1n) is 7.98. The molecule has 2 atom stereocenters. The summed E-state index contributed by atoms with van der Waals surface area (Å²) in [7, 11) is 2.12. The van der Waals surface area contributed by atoms with E-state index in [9.17, 15) is 9.18 Å². The van der Waals surface area contributed by atoms with Gasteiger partial charge in [0.2, 0.25) is 0 Å². The maximum Gasteiger partial charge on any atom is 0.251 e. The van der Waals surface area contributed by atoms with Crippen molar-refractivity contribution in [3.05, 3.63) is 59.4 Å². The van der Waals surface area contributed by atoms with Gasteiger partial charge in [-0.15, -0.1) is 0 Å². The van der Waals surface area contributed by atoms with Crippen LogP contribution in [-0.4, -0.2) is 37.5 Å². The highest BCUT2D eigenvalue weighted by molar-refractivity contribution is 5.97. The molecule has 2 aromatic carbocycles. The number of carbonyl (C=O) groups excluding carboxylic acids is 1. The SMILES string of the molecule is CN1C[C@@H]2CNC(=O)c3cc(-c4cccc(F)c4)ccc3[C@H]2C1. The first kappa shape index (κ1) is 14.4. The topological polar surface area (TPSA) is 32.3 Å². The Labute approximate surface area is 135 Å². The number of rotatable bonds is 1. The molecule has 2 aliphatic heterocycles. The average molecular weight is 310 g/mol. The van der Waals surface area contributed by atoms with Crippen LogP contribution in [0.4, 0.5) is 4.39 Å². The summed E-state index contributed by atoms with van der Waals surface area (Å²) in [5.74, 6) is 0.565. The molecule has 0 unspecified atom stereocenters. The Hall–Kier alpha value is -2.20. The Kier molecular flexibility index (Phi) is 3.42. The first-order chi connectivity index (χ1) is 11.1. The molecule has 0 saturated carbocycles. The van der Waals surface area contributed by atoms with Gasteiger partial charge in [0.05, 0.1) is 0 Å². The summed E-state index contributed by atoms with van der Waals surface area (Å²) in [6.07, 6.45) is 0. The summed E-state index contributed by atoms with van der Waals surface area (Å²) in [6, 6.07) is 12.4. The van der Waals surface area contributed by atoms with E-state index in [1.165, 1.54) is 12.1 Å². The molecule has 3 nitrogen and oxygen atoms in total. The number of nitrogens with zero attached hydrogens (tertiary/aromatic N) is 1. The van der Waals surface area contributed by atoms with Crippen molar-refractivity contribution in [2.24, 2.45) is 5.92 Å². The van der Waals surface area contributed by atoms with Crippen LogP contribution in [0.3, 0.4) is 0 Å². The highest BCUT2D eigenvalue weighted by Crippen LogP contribution is 2.37. The number of likely N-dealkylation sites (N-methyl/N-ethyl adjacent to an activating group) is 1. The lowest BCUT2D eigenvalue weighted by Crippen LogP contribution is -2.29. The third kappa shape index (κ3) is 2.53. The molecule has 0 radical (unpaired) electrons. The zero-order valence-electron chi connectivity index (χ0n) is 13.1. The lowest BCUT2D eigenvalue weighted by atomic mass is 9.86. The van der Waals surface area contributed by atoms with E-state index in [-0.39, 0.29) is 11.7 Å². The Balaban J connectivity index is 1.80. The molecule has 2 heterocycles. The van der Waals surface area contributed by atoms with Crippen LogP contribution in [0, 0.1) is 11.7 Å². The van der Waals surface area contributed by atoms with E-state index in [1.807, 2.05) is 18.2 Å².